The van der Waals surface area contributed by atoms with Gasteiger partial charge in [-0.2, -0.15) is 0 Å². The van der Waals surface area contributed by atoms with Gasteiger partial charge in [0.2, 0.25) is 0 Å². The molecule has 0 aromatic carbocycles. The lowest BCUT2D eigenvalue weighted by atomic mass is 9.70. The van der Waals surface area contributed by atoms with E-state index in [1.165, 1.54) is 22.3 Å². The van der Waals surface area contributed by atoms with Crippen LogP contribution in [0.1, 0.15) is 27.7 Å². The minimum atomic E-state index is 0.598. The molecule has 0 spiro atoms. The Hall–Kier alpha value is -0.780. The first kappa shape index (κ1) is 9.31. The molecule has 0 heterocycles. The van der Waals surface area contributed by atoms with Crippen LogP contribution in [0.3, 0.4) is 0 Å². The molecule has 0 aliphatic heterocycles. The highest BCUT2D eigenvalue weighted by molar-refractivity contribution is 5.68. The first-order valence-electron chi connectivity index (χ1n) is 4.59. The maximum Gasteiger partial charge on any atom is -0.0210 e. The molecule has 0 saturated heterocycles. The minimum absolute atomic E-state index is 0.598. The summed E-state index contributed by atoms with van der Waals surface area (Å²) in [4.78, 5) is 0. The van der Waals surface area contributed by atoms with Gasteiger partial charge in [-0.3, -0.25) is 0 Å². The van der Waals surface area contributed by atoms with E-state index in [0.29, 0.717) is 11.8 Å². The van der Waals surface area contributed by atoms with Crippen molar-refractivity contribution in [2.24, 2.45) is 11.8 Å². The average molecular weight is 162 g/mol. The molecular formula is C12H18. The minimum Gasteiger partial charge on any atom is -0.0909 e. The van der Waals surface area contributed by atoms with Crippen molar-refractivity contribution in [1.29, 1.82) is 0 Å². The van der Waals surface area contributed by atoms with Crippen molar-refractivity contribution in [3.63, 3.8) is 0 Å². The second-order valence-corrected chi connectivity index (χ2v) is 4.09. The van der Waals surface area contributed by atoms with Crippen molar-refractivity contribution in [2.75, 3.05) is 0 Å². The number of allylic oxidation sites excluding steroid dienone is 4. The molecule has 0 atom stereocenters. The van der Waals surface area contributed by atoms with E-state index >= 15 is 0 Å². The van der Waals surface area contributed by atoms with Crippen molar-refractivity contribution in [1.82, 2.24) is 0 Å². The highest BCUT2D eigenvalue weighted by atomic mass is 14.3. The Morgan fingerprint density at radius 2 is 1.00 bits per heavy atom. The van der Waals surface area contributed by atoms with Crippen LogP contribution in [0, 0.1) is 11.8 Å². The molecule has 0 amide bonds. The Morgan fingerprint density at radius 3 is 1.17 bits per heavy atom. The van der Waals surface area contributed by atoms with E-state index in [1.54, 1.807) is 0 Å². The predicted octanol–water partition coefficient (Wildman–Crippen LogP) is 3.72. The Balaban J connectivity index is 3.07. The SMILES string of the molecule is C=C1C(=C)C(C(C)C)=C1C(C)C. The molecule has 12 heavy (non-hydrogen) atoms. The third-order valence-corrected chi connectivity index (χ3v) is 2.46. The molecule has 0 heteroatoms. The fraction of sp³-hybridized carbons (Fsp3) is 0.500. The average Bonchev–Trinajstić information content (AvgIpc) is 1.96. The molecule has 0 aromatic heterocycles. The summed E-state index contributed by atoms with van der Waals surface area (Å²) in [7, 11) is 0. The van der Waals surface area contributed by atoms with Crippen LogP contribution in [0.4, 0.5) is 0 Å². The summed E-state index contributed by atoms with van der Waals surface area (Å²) in [5.41, 5.74) is 5.23. The van der Waals surface area contributed by atoms with Gasteiger partial charge in [-0.15, -0.1) is 0 Å². The van der Waals surface area contributed by atoms with E-state index in [2.05, 4.69) is 40.9 Å². The van der Waals surface area contributed by atoms with E-state index in [1.807, 2.05) is 0 Å². The second-order valence-electron chi connectivity index (χ2n) is 4.09. The summed E-state index contributed by atoms with van der Waals surface area (Å²) in [6, 6.07) is 0. The van der Waals surface area contributed by atoms with E-state index in [0.717, 1.165) is 0 Å². The smallest absolute Gasteiger partial charge is 0.0210 e. The Labute approximate surface area is 75.7 Å². The van der Waals surface area contributed by atoms with Crippen molar-refractivity contribution in [3.8, 4) is 0 Å². The fourth-order valence-corrected chi connectivity index (χ4v) is 1.91. The van der Waals surface area contributed by atoms with Gasteiger partial charge < -0.3 is 0 Å². The van der Waals surface area contributed by atoms with Crippen molar-refractivity contribution >= 4 is 0 Å². The zero-order valence-electron chi connectivity index (χ0n) is 8.57. The Morgan fingerprint density at radius 1 is 0.750 bits per heavy atom. The van der Waals surface area contributed by atoms with Gasteiger partial charge in [0.25, 0.3) is 0 Å². The van der Waals surface area contributed by atoms with Crippen LogP contribution in [0.5, 0.6) is 0 Å². The van der Waals surface area contributed by atoms with Crippen LogP contribution >= 0.6 is 0 Å². The molecule has 0 saturated carbocycles. The molecule has 1 rings (SSSR count). The van der Waals surface area contributed by atoms with Gasteiger partial charge in [0.05, 0.1) is 0 Å². The summed E-state index contributed by atoms with van der Waals surface area (Å²) in [6.45, 7) is 16.9. The number of rotatable bonds is 2. The summed E-state index contributed by atoms with van der Waals surface area (Å²) in [5.74, 6) is 1.20. The van der Waals surface area contributed by atoms with Crippen LogP contribution in [-0.2, 0) is 0 Å². The number of hydrogen-bond acceptors (Lipinski definition) is 0. The van der Waals surface area contributed by atoms with Gasteiger partial charge in [-0.25, -0.2) is 0 Å². The molecule has 0 N–H and O–H groups in total. The van der Waals surface area contributed by atoms with Gasteiger partial charge in [0, 0.05) is 0 Å². The van der Waals surface area contributed by atoms with Crippen LogP contribution in [-0.4, -0.2) is 0 Å². The molecule has 0 nitrogen and oxygen atoms in total. The first-order chi connectivity index (χ1) is 5.46. The van der Waals surface area contributed by atoms with E-state index in [9.17, 15) is 0 Å². The molecular weight excluding hydrogens is 144 g/mol. The third-order valence-electron chi connectivity index (χ3n) is 2.46. The highest BCUT2D eigenvalue weighted by Gasteiger charge is 2.29. The maximum atomic E-state index is 4.02. The topological polar surface area (TPSA) is 0 Å². The van der Waals surface area contributed by atoms with E-state index < -0.39 is 0 Å². The molecule has 0 bridgehead atoms. The first-order valence-corrected chi connectivity index (χ1v) is 4.59. The second kappa shape index (κ2) is 2.93. The normalized spacial score (nSPS) is 17.8. The standard InChI is InChI=1S/C12H18/c1-7(2)11-9(5)10(6)12(11)8(3)4/h7-8H,5-6H2,1-4H3. The van der Waals surface area contributed by atoms with Gasteiger partial charge in [-0.1, -0.05) is 40.9 Å². The monoisotopic (exact) mass is 162 g/mol. The van der Waals surface area contributed by atoms with E-state index in [-0.39, 0.29) is 0 Å². The number of hydrogen-bond donors (Lipinski definition) is 0. The van der Waals surface area contributed by atoms with Gasteiger partial charge in [0.15, 0.2) is 0 Å². The van der Waals surface area contributed by atoms with Gasteiger partial charge >= 0.3 is 0 Å². The molecule has 0 fully saturated rings. The van der Waals surface area contributed by atoms with Crippen LogP contribution in [0.15, 0.2) is 35.5 Å². The fourth-order valence-electron chi connectivity index (χ4n) is 1.91. The Bertz CT molecular complexity index is 234. The largest absolute Gasteiger partial charge is 0.0909 e. The summed E-state index contributed by atoms with van der Waals surface area (Å²) in [6.07, 6.45) is 0. The molecule has 66 valence electrons. The third kappa shape index (κ3) is 1.16. The van der Waals surface area contributed by atoms with Crippen LogP contribution in [0.2, 0.25) is 0 Å². The summed E-state index contributed by atoms with van der Waals surface area (Å²) in [5, 5.41) is 0. The Kier molecular flexibility index (Phi) is 2.27. The summed E-state index contributed by atoms with van der Waals surface area (Å²) >= 11 is 0. The zero-order chi connectivity index (χ0) is 9.46. The quantitative estimate of drug-likeness (QED) is 0.580. The van der Waals surface area contributed by atoms with Crippen LogP contribution < -0.4 is 0 Å². The van der Waals surface area contributed by atoms with Crippen molar-refractivity contribution in [2.45, 2.75) is 27.7 Å². The molecule has 0 radical (unpaired) electrons. The van der Waals surface area contributed by atoms with Gasteiger partial charge in [0.1, 0.15) is 0 Å². The highest BCUT2D eigenvalue weighted by Crippen LogP contribution is 2.44. The zero-order valence-corrected chi connectivity index (χ0v) is 8.57. The molecule has 1 aliphatic carbocycles. The molecule has 0 aromatic rings. The lowest BCUT2D eigenvalue weighted by Crippen LogP contribution is -2.19. The summed E-state index contributed by atoms with van der Waals surface area (Å²) < 4.78 is 0. The van der Waals surface area contributed by atoms with Crippen molar-refractivity contribution in [3.05, 3.63) is 35.5 Å². The predicted molar refractivity (Wildman–Crippen MR) is 55.0 cm³/mol. The van der Waals surface area contributed by atoms with E-state index in [4.69, 9.17) is 0 Å². The molecule has 1 aliphatic rings. The van der Waals surface area contributed by atoms with Crippen LogP contribution in [0.25, 0.3) is 0 Å². The lowest BCUT2D eigenvalue weighted by Gasteiger charge is -2.34. The van der Waals surface area contributed by atoms with Gasteiger partial charge in [-0.05, 0) is 34.1 Å². The maximum absolute atomic E-state index is 4.02. The molecule has 0 unspecified atom stereocenters. The lowest BCUT2D eigenvalue weighted by molar-refractivity contribution is 0.681. The van der Waals surface area contributed by atoms with Crippen molar-refractivity contribution < 1.29 is 0 Å².